The van der Waals surface area contributed by atoms with Gasteiger partial charge in [-0.15, -0.1) is 0 Å². The Morgan fingerprint density at radius 1 is 1.37 bits per heavy atom. The Balaban J connectivity index is 2.16. The first kappa shape index (κ1) is 14.8. The van der Waals surface area contributed by atoms with Crippen LogP contribution < -0.4 is 0 Å². The number of hydrogen-bond donors (Lipinski definition) is 0. The van der Waals surface area contributed by atoms with Gasteiger partial charge in [0.15, 0.2) is 0 Å². The minimum absolute atomic E-state index is 0.181. The molecule has 5 nitrogen and oxygen atoms in total. The zero-order valence-corrected chi connectivity index (χ0v) is 12.5. The van der Waals surface area contributed by atoms with Crippen molar-refractivity contribution >= 4 is 16.0 Å². The van der Waals surface area contributed by atoms with Gasteiger partial charge in [0.1, 0.15) is 0 Å². The molecule has 0 aromatic rings. The summed E-state index contributed by atoms with van der Waals surface area (Å²) in [5.41, 5.74) is 0. The summed E-state index contributed by atoms with van der Waals surface area (Å²) >= 11 is 0. The van der Waals surface area contributed by atoms with Crippen LogP contribution in [0.4, 0.5) is 0 Å². The van der Waals surface area contributed by atoms with Gasteiger partial charge in [-0.25, -0.2) is 8.42 Å². The van der Waals surface area contributed by atoms with Crippen LogP contribution in [0, 0.1) is 11.8 Å². The number of carbonyl (C=O) groups excluding carboxylic acids is 1. The third kappa shape index (κ3) is 2.94. The highest BCUT2D eigenvalue weighted by molar-refractivity contribution is 7.89. The summed E-state index contributed by atoms with van der Waals surface area (Å²) in [6.45, 7) is 2.57. The molecule has 3 fully saturated rings. The number of fused-ring (bicyclic) bond motifs is 3. The molecule has 3 rings (SSSR count). The van der Waals surface area contributed by atoms with E-state index in [0.717, 1.165) is 25.7 Å². The highest BCUT2D eigenvalue weighted by Gasteiger charge is 2.48. The Morgan fingerprint density at radius 2 is 2.11 bits per heavy atom. The van der Waals surface area contributed by atoms with Gasteiger partial charge in [0, 0.05) is 12.6 Å². The summed E-state index contributed by atoms with van der Waals surface area (Å²) in [6, 6.07) is -0.181. The van der Waals surface area contributed by atoms with Gasteiger partial charge in [0.25, 0.3) is 0 Å². The molecule has 0 amide bonds. The number of nitrogens with zero attached hydrogens (tertiary/aromatic N) is 1. The second kappa shape index (κ2) is 5.79. The van der Waals surface area contributed by atoms with Crippen LogP contribution in [-0.2, 0) is 19.6 Å². The van der Waals surface area contributed by atoms with Crippen molar-refractivity contribution in [3.05, 3.63) is 0 Å². The molecule has 19 heavy (non-hydrogen) atoms. The molecular weight excluding hydrogens is 266 g/mol. The van der Waals surface area contributed by atoms with E-state index >= 15 is 0 Å². The maximum Gasteiger partial charge on any atom is 0.310 e. The number of esters is 1. The second-order valence-electron chi connectivity index (χ2n) is 5.62. The zero-order valence-electron chi connectivity index (χ0n) is 11.7. The maximum absolute atomic E-state index is 12.4. The van der Waals surface area contributed by atoms with Crippen molar-refractivity contribution in [2.24, 2.45) is 11.8 Å². The van der Waals surface area contributed by atoms with Crippen molar-refractivity contribution in [3.63, 3.8) is 0 Å². The molecule has 2 saturated heterocycles. The summed E-state index contributed by atoms with van der Waals surface area (Å²) in [7, 11) is -1.85. The molecule has 2 bridgehead atoms. The number of ether oxygens (including phenoxy) is 1. The van der Waals surface area contributed by atoms with Gasteiger partial charge in [-0.1, -0.05) is 13.3 Å². The van der Waals surface area contributed by atoms with Crippen LogP contribution in [0.25, 0.3) is 0 Å². The predicted octanol–water partition coefficient (Wildman–Crippen LogP) is 1.39. The fraction of sp³-hybridized carbons (Fsp3) is 0.923. The summed E-state index contributed by atoms with van der Waals surface area (Å²) in [5.74, 6) is -0.0230. The molecule has 3 atom stereocenters. The largest absolute Gasteiger partial charge is 0.469 e. The third-order valence-corrected chi connectivity index (χ3v) is 6.29. The first-order chi connectivity index (χ1) is 8.99. The van der Waals surface area contributed by atoms with E-state index in [1.54, 1.807) is 4.31 Å². The quantitative estimate of drug-likeness (QED) is 0.718. The van der Waals surface area contributed by atoms with Crippen LogP contribution in [0.15, 0.2) is 0 Å². The lowest BCUT2D eigenvalue weighted by Crippen LogP contribution is -2.57. The van der Waals surface area contributed by atoms with Crippen molar-refractivity contribution in [2.45, 2.75) is 45.1 Å². The molecule has 0 aromatic heterocycles. The topological polar surface area (TPSA) is 63.7 Å². The first-order valence-electron chi connectivity index (χ1n) is 7.07. The minimum atomic E-state index is -3.23. The van der Waals surface area contributed by atoms with Crippen molar-refractivity contribution in [2.75, 3.05) is 19.4 Å². The van der Waals surface area contributed by atoms with Gasteiger partial charge in [-0.3, -0.25) is 4.79 Å². The monoisotopic (exact) mass is 289 g/mol. The van der Waals surface area contributed by atoms with Crippen molar-refractivity contribution in [1.29, 1.82) is 0 Å². The number of rotatable bonds is 5. The second-order valence-corrected chi connectivity index (χ2v) is 7.66. The van der Waals surface area contributed by atoms with Crippen molar-refractivity contribution in [1.82, 2.24) is 4.31 Å². The van der Waals surface area contributed by atoms with E-state index in [9.17, 15) is 13.2 Å². The zero-order chi connectivity index (χ0) is 14.0. The Bertz CT molecular complexity index is 434. The fourth-order valence-electron chi connectivity index (χ4n) is 3.31. The third-order valence-electron chi connectivity index (χ3n) is 4.35. The molecule has 0 radical (unpaired) electrons. The van der Waals surface area contributed by atoms with E-state index < -0.39 is 10.0 Å². The summed E-state index contributed by atoms with van der Waals surface area (Å²) < 4.78 is 31.1. The van der Waals surface area contributed by atoms with Gasteiger partial charge in [-0.05, 0) is 31.6 Å². The van der Waals surface area contributed by atoms with Gasteiger partial charge in [-0.2, -0.15) is 4.31 Å². The molecule has 2 aliphatic heterocycles. The van der Waals surface area contributed by atoms with Gasteiger partial charge in [0.05, 0.1) is 18.8 Å². The number of carbonyl (C=O) groups is 1. The Hall–Kier alpha value is -0.620. The van der Waals surface area contributed by atoms with Gasteiger partial charge in [0.2, 0.25) is 10.0 Å². The molecule has 1 aliphatic carbocycles. The van der Waals surface area contributed by atoms with Crippen LogP contribution in [-0.4, -0.2) is 44.1 Å². The summed E-state index contributed by atoms with van der Waals surface area (Å²) in [6.07, 6.45) is 4.13. The van der Waals surface area contributed by atoms with Gasteiger partial charge < -0.3 is 4.74 Å². The number of hydrogen-bond acceptors (Lipinski definition) is 4. The summed E-state index contributed by atoms with van der Waals surface area (Å²) in [4.78, 5) is 11.8. The summed E-state index contributed by atoms with van der Waals surface area (Å²) in [5, 5.41) is 0. The lowest BCUT2D eigenvalue weighted by Gasteiger charge is -2.47. The lowest BCUT2D eigenvalue weighted by molar-refractivity contribution is -0.151. The van der Waals surface area contributed by atoms with E-state index in [2.05, 4.69) is 0 Å². The molecule has 0 spiro atoms. The molecule has 6 heteroatoms. The van der Waals surface area contributed by atoms with E-state index in [1.165, 1.54) is 7.11 Å². The van der Waals surface area contributed by atoms with Crippen LogP contribution >= 0.6 is 0 Å². The average Bonchev–Trinajstić information content (AvgIpc) is 2.44. The van der Waals surface area contributed by atoms with E-state index in [1.807, 2.05) is 6.92 Å². The van der Waals surface area contributed by atoms with E-state index in [0.29, 0.717) is 18.9 Å². The highest BCUT2D eigenvalue weighted by Crippen LogP contribution is 2.41. The predicted molar refractivity (Wildman–Crippen MR) is 72.0 cm³/mol. The average molecular weight is 289 g/mol. The van der Waals surface area contributed by atoms with Crippen LogP contribution in [0.5, 0.6) is 0 Å². The minimum Gasteiger partial charge on any atom is -0.469 e. The molecule has 0 aromatic carbocycles. The SMILES string of the molecule is CCCCS(=O)(=O)N1C[C@H]2CC[C@@H]1[C@H](C(=O)OC)C2. The molecule has 0 unspecified atom stereocenters. The number of unbranched alkanes of at least 4 members (excludes halogenated alkanes) is 1. The van der Waals surface area contributed by atoms with Crippen molar-refractivity contribution in [3.8, 4) is 0 Å². The number of piperidine rings is 2. The molecule has 1 saturated carbocycles. The highest BCUT2D eigenvalue weighted by atomic mass is 32.2. The Labute approximate surface area is 115 Å². The molecule has 2 heterocycles. The Morgan fingerprint density at radius 3 is 2.68 bits per heavy atom. The number of methoxy groups -OCH3 is 1. The lowest BCUT2D eigenvalue weighted by atomic mass is 9.74. The molecule has 110 valence electrons. The van der Waals surface area contributed by atoms with Gasteiger partial charge >= 0.3 is 5.97 Å². The maximum atomic E-state index is 12.4. The normalized spacial score (nSPS) is 31.4. The Kier molecular flexibility index (Phi) is 4.50. The molecule has 0 N–H and O–H groups in total. The standard InChI is InChI=1S/C13H23NO4S/c1-3-4-7-19(16,17)14-9-10-5-6-12(14)11(8-10)13(15)18-2/h10-12H,3-9H2,1-2H3/t10-,11+,12+/m0/s1. The smallest absolute Gasteiger partial charge is 0.310 e. The van der Waals surface area contributed by atoms with Crippen LogP contribution in [0.3, 0.4) is 0 Å². The molecular formula is C13H23NO4S. The molecule has 3 aliphatic rings. The fourth-order valence-corrected chi connectivity index (χ4v) is 5.30. The van der Waals surface area contributed by atoms with E-state index in [-0.39, 0.29) is 23.7 Å². The van der Waals surface area contributed by atoms with Crippen LogP contribution in [0.1, 0.15) is 39.0 Å². The number of sulfonamides is 1. The van der Waals surface area contributed by atoms with E-state index in [4.69, 9.17) is 4.74 Å². The first-order valence-corrected chi connectivity index (χ1v) is 8.68. The van der Waals surface area contributed by atoms with Crippen molar-refractivity contribution < 1.29 is 17.9 Å². The van der Waals surface area contributed by atoms with Crippen LogP contribution in [0.2, 0.25) is 0 Å².